The van der Waals surface area contributed by atoms with E-state index in [0.29, 0.717) is 5.41 Å². The van der Waals surface area contributed by atoms with Gasteiger partial charge in [-0.15, -0.1) is 0 Å². The highest BCUT2D eigenvalue weighted by atomic mass is 32.1. The first kappa shape index (κ1) is 10.1. The van der Waals surface area contributed by atoms with Crippen LogP contribution in [0.15, 0.2) is 18.2 Å². The molecule has 0 unspecified atom stereocenters. The molecule has 3 heteroatoms. The van der Waals surface area contributed by atoms with Gasteiger partial charge < -0.3 is 9.55 Å². The highest BCUT2D eigenvalue weighted by Gasteiger charge is 2.37. The van der Waals surface area contributed by atoms with E-state index in [1.165, 1.54) is 23.9 Å². The van der Waals surface area contributed by atoms with E-state index in [0.717, 1.165) is 16.8 Å². The van der Waals surface area contributed by atoms with Crippen molar-refractivity contribution < 1.29 is 0 Å². The van der Waals surface area contributed by atoms with Gasteiger partial charge in [-0.3, -0.25) is 0 Å². The Kier molecular flexibility index (Phi) is 2.02. The summed E-state index contributed by atoms with van der Waals surface area (Å²) in [5, 5.41) is 0. The van der Waals surface area contributed by atoms with Gasteiger partial charge in [0.25, 0.3) is 0 Å². The number of nitrogens with one attached hydrogen (secondary N) is 1. The summed E-state index contributed by atoms with van der Waals surface area (Å²) < 4.78 is 3.10. The molecule has 0 atom stereocenters. The maximum Gasteiger partial charge on any atom is 0.178 e. The largest absolute Gasteiger partial charge is 0.331 e. The fourth-order valence-electron chi connectivity index (χ4n) is 2.19. The van der Waals surface area contributed by atoms with Gasteiger partial charge in [0.1, 0.15) is 0 Å². The molecule has 1 aliphatic rings. The Morgan fingerprint density at radius 2 is 2.19 bits per heavy atom. The van der Waals surface area contributed by atoms with Gasteiger partial charge in [-0.05, 0) is 55.1 Å². The molecule has 2 aromatic rings. The van der Waals surface area contributed by atoms with Crippen molar-refractivity contribution in [1.82, 2.24) is 9.55 Å². The Morgan fingerprint density at radius 3 is 2.88 bits per heavy atom. The molecule has 0 aliphatic heterocycles. The molecule has 16 heavy (non-hydrogen) atoms. The maximum absolute atomic E-state index is 5.40. The summed E-state index contributed by atoms with van der Waals surface area (Å²) >= 11 is 5.40. The molecule has 1 fully saturated rings. The summed E-state index contributed by atoms with van der Waals surface area (Å²) in [6.07, 6.45) is 2.65. The predicted molar refractivity (Wildman–Crippen MR) is 69.2 cm³/mol. The summed E-state index contributed by atoms with van der Waals surface area (Å²) in [4.78, 5) is 3.30. The van der Waals surface area contributed by atoms with Crippen molar-refractivity contribution in [2.75, 3.05) is 0 Å². The van der Waals surface area contributed by atoms with Crippen LogP contribution in [0.25, 0.3) is 11.0 Å². The second kappa shape index (κ2) is 3.20. The molecule has 1 aromatic heterocycles. The number of H-pyrrole nitrogens is 1. The zero-order valence-electron chi connectivity index (χ0n) is 9.71. The molecule has 3 rings (SSSR count). The topological polar surface area (TPSA) is 20.7 Å². The number of fused-ring (bicyclic) bond motifs is 1. The van der Waals surface area contributed by atoms with Crippen molar-refractivity contribution >= 4 is 23.3 Å². The summed E-state index contributed by atoms with van der Waals surface area (Å²) in [6, 6.07) is 6.48. The minimum atomic E-state index is 0.484. The van der Waals surface area contributed by atoms with Gasteiger partial charge in [0, 0.05) is 6.54 Å². The molecule has 1 heterocycles. The van der Waals surface area contributed by atoms with Crippen LogP contribution in [-0.4, -0.2) is 9.55 Å². The van der Waals surface area contributed by atoms with E-state index in [1.807, 2.05) is 0 Å². The van der Waals surface area contributed by atoms with E-state index in [9.17, 15) is 0 Å². The zero-order valence-corrected chi connectivity index (χ0v) is 10.5. The van der Waals surface area contributed by atoms with Gasteiger partial charge in [0.2, 0.25) is 0 Å². The van der Waals surface area contributed by atoms with Crippen LogP contribution in [0.5, 0.6) is 0 Å². The number of aryl methyl sites for hydroxylation is 1. The van der Waals surface area contributed by atoms with Gasteiger partial charge >= 0.3 is 0 Å². The Bertz CT molecular complexity index is 602. The molecule has 1 aromatic carbocycles. The lowest BCUT2D eigenvalue weighted by atomic mass is 10.1. The standard InChI is InChI=1S/C13H16N2S/c1-9-3-4-11-10(7-9)14-12(16)15(11)8-13(2)5-6-13/h3-4,7H,5-6,8H2,1-2H3,(H,14,16). The van der Waals surface area contributed by atoms with Crippen LogP contribution >= 0.6 is 12.2 Å². The van der Waals surface area contributed by atoms with E-state index >= 15 is 0 Å². The van der Waals surface area contributed by atoms with Crippen LogP contribution in [0.4, 0.5) is 0 Å². The van der Waals surface area contributed by atoms with Gasteiger partial charge in [-0.25, -0.2) is 0 Å². The fourth-order valence-corrected chi connectivity index (χ4v) is 2.46. The normalized spacial score (nSPS) is 17.9. The quantitative estimate of drug-likeness (QED) is 0.781. The molecule has 0 spiro atoms. The van der Waals surface area contributed by atoms with E-state index in [4.69, 9.17) is 12.2 Å². The molecule has 0 saturated heterocycles. The first-order valence-electron chi connectivity index (χ1n) is 5.77. The number of imidazole rings is 1. The SMILES string of the molecule is Cc1ccc2c(c1)[nH]c(=S)n2CC1(C)CC1. The number of benzene rings is 1. The van der Waals surface area contributed by atoms with Crippen molar-refractivity contribution in [2.45, 2.75) is 33.2 Å². The van der Waals surface area contributed by atoms with Crippen LogP contribution in [0.1, 0.15) is 25.3 Å². The van der Waals surface area contributed by atoms with E-state index in [2.05, 4.69) is 41.6 Å². The molecule has 0 radical (unpaired) electrons. The number of hydrogen-bond donors (Lipinski definition) is 1. The smallest absolute Gasteiger partial charge is 0.178 e. The molecule has 2 nitrogen and oxygen atoms in total. The van der Waals surface area contributed by atoms with Crippen LogP contribution in [0.2, 0.25) is 0 Å². The molecular formula is C13H16N2S. The summed E-state index contributed by atoms with van der Waals surface area (Å²) in [5.74, 6) is 0. The Balaban J connectivity index is 2.16. The highest BCUT2D eigenvalue weighted by molar-refractivity contribution is 7.71. The molecule has 1 saturated carbocycles. The zero-order chi connectivity index (χ0) is 11.3. The first-order valence-corrected chi connectivity index (χ1v) is 6.17. The molecule has 0 amide bonds. The third-order valence-electron chi connectivity index (χ3n) is 3.57. The molecule has 84 valence electrons. The molecule has 1 N–H and O–H groups in total. The number of aromatic nitrogens is 2. The second-order valence-corrected chi connectivity index (χ2v) is 5.73. The van der Waals surface area contributed by atoms with Crippen LogP contribution in [0.3, 0.4) is 0 Å². The van der Waals surface area contributed by atoms with Crippen molar-refractivity contribution in [2.24, 2.45) is 5.41 Å². The average molecular weight is 232 g/mol. The number of nitrogens with zero attached hydrogens (tertiary/aromatic N) is 1. The van der Waals surface area contributed by atoms with Gasteiger partial charge in [-0.1, -0.05) is 13.0 Å². The van der Waals surface area contributed by atoms with Crippen LogP contribution in [0, 0.1) is 17.1 Å². The van der Waals surface area contributed by atoms with Gasteiger partial charge in [-0.2, -0.15) is 0 Å². The summed E-state index contributed by atoms with van der Waals surface area (Å²) in [5.41, 5.74) is 4.16. The highest BCUT2D eigenvalue weighted by Crippen LogP contribution is 2.46. The third-order valence-corrected chi connectivity index (χ3v) is 3.90. The lowest BCUT2D eigenvalue weighted by Gasteiger charge is -2.10. The number of hydrogen-bond acceptors (Lipinski definition) is 1. The average Bonchev–Trinajstić information content (AvgIpc) is 2.86. The number of aromatic amines is 1. The Hall–Kier alpha value is -1.09. The van der Waals surface area contributed by atoms with Gasteiger partial charge in [0.05, 0.1) is 11.0 Å². The lowest BCUT2D eigenvalue weighted by molar-refractivity contribution is 0.469. The second-order valence-electron chi connectivity index (χ2n) is 5.35. The van der Waals surface area contributed by atoms with E-state index in [-0.39, 0.29) is 0 Å². The molecule has 1 aliphatic carbocycles. The van der Waals surface area contributed by atoms with Crippen LogP contribution < -0.4 is 0 Å². The molecule has 0 bridgehead atoms. The minimum absolute atomic E-state index is 0.484. The molecular weight excluding hydrogens is 216 g/mol. The maximum atomic E-state index is 5.40. The van der Waals surface area contributed by atoms with Crippen molar-refractivity contribution in [3.8, 4) is 0 Å². The van der Waals surface area contributed by atoms with Crippen molar-refractivity contribution in [1.29, 1.82) is 0 Å². The summed E-state index contributed by atoms with van der Waals surface area (Å²) in [7, 11) is 0. The minimum Gasteiger partial charge on any atom is -0.331 e. The Morgan fingerprint density at radius 1 is 1.44 bits per heavy atom. The van der Waals surface area contributed by atoms with Crippen molar-refractivity contribution in [3.63, 3.8) is 0 Å². The van der Waals surface area contributed by atoms with E-state index < -0.39 is 0 Å². The monoisotopic (exact) mass is 232 g/mol. The first-order chi connectivity index (χ1) is 7.57. The fraction of sp³-hybridized carbons (Fsp3) is 0.462. The lowest BCUT2D eigenvalue weighted by Crippen LogP contribution is -2.07. The predicted octanol–water partition coefficient (Wildman–Crippen LogP) is 3.81. The summed E-state index contributed by atoms with van der Waals surface area (Å²) in [6.45, 7) is 5.49. The van der Waals surface area contributed by atoms with Gasteiger partial charge in [0.15, 0.2) is 4.77 Å². The third kappa shape index (κ3) is 1.59. The Labute approximate surface area is 100 Å². The number of rotatable bonds is 2. The van der Waals surface area contributed by atoms with Crippen molar-refractivity contribution in [3.05, 3.63) is 28.5 Å². The van der Waals surface area contributed by atoms with Crippen LogP contribution in [-0.2, 0) is 6.54 Å². The van der Waals surface area contributed by atoms with E-state index in [1.54, 1.807) is 0 Å².